The van der Waals surface area contributed by atoms with Gasteiger partial charge in [-0.15, -0.1) is 0 Å². The zero-order chi connectivity index (χ0) is 16.8. The Morgan fingerprint density at radius 3 is 2.91 bits per heavy atom. The minimum Gasteiger partial charge on any atom is -0.452 e. The molecule has 1 aromatic rings. The third-order valence-electron chi connectivity index (χ3n) is 3.53. The maximum Gasteiger partial charge on any atom is 0.345 e. The molecule has 1 fully saturated rings. The van der Waals surface area contributed by atoms with Gasteiger partial charge in [0.05, 0.1) is 11.0 Å². The molecule has 2 rings (SSSR count). The summed E-state index contributed by atoms with van der Waals surface area (Å²) < 4.78 is 10.2. The van der Waals surface area contributed by atoms with Crippen molar-refractivity contribution in [2.45, 2.75) is 25.9 Å². The molecule has 1 aliphatic rings. The first-order chi connectivity index (χ1) is 11.0. The number of nitro groups is 1. The van der Waals surface area contributed by atoms with Gasteiger partial charge in [0.15, 0.2) is 6.61 Å². The van der Waals surface area contributed by atoms with Crippen molar-refractivity contribution < 1.29 is 24.0 Å². The second kappa shape index (κ2) is 7.68. The van der Waals surface area contributed by atoms with E-state index in [1.807, 2.05) is 0 Å². The number of ether oxygens (including phenoxy) is 2. The predicted octanol–water partition coefficient (Wildman–Crippen LogP) is 1.36. The van der Waals surface area contributed by atoms with Crippen molar-refractivity contribution in [3.05, 3.63) is 39.4 Å². The van der Waals surface area contributed by atoms with Crippen molar-refractivity contribution in [1.82, 2.24) is 5.32 Å². The number of nitrogens with zero attached hydrogens (tertiary/aromatic N) is 1. The SMILES string of the molecule is Cc1cccc(C(=O)OCC(=O)NC[C@H]2CCCO2)c1[N+](=O)[O-]. The summed E-state index contributed by atoms with van der Waals surface area (Å²) in [5, 5.41) is 13.6. The van der Waals surface area contributed by atoms with Crippen LogP contribution in [0, 0.1) is 17.0 Å². The monoisotopic (exact) mass is 322 g/mol. The number of carbonyl (C=O) groups is 2. The van der Waals surface area contributed by atoms with Crippen LogP contribution < -0.4 is 5.32 Å². The standard InChI is InChI=1S/C15H18N2O6/c1-10-4-2-6-12(14(10)17(20)21)15(19)23-9-13(18)16-8-11-5-3-7-22-11/h2,4,6,11H,3,5,7-9H2,1H3,(H,16,18)/t11-/m1/s1. The molecular formula is C15H18N2O6. The Kier molecular flexibility index (Phi) is 5.64. The molecule has 1 amide bonds. The summed E-state index contributed by atoms with van der Waals surface area (Å²) in [4.78, 5) is 34.0. The number of rotatable bonds is 6. The molecule has 1 N–H and O–H groups in total. The Balaban J connectivity index is 1.88. The first kappa shape index (κ1) is 16.9. The van der Waals surface area contributed by atoms with Crippen LogP contribution in [0.4, 0.5) is 5.69 Å². The van der Waals surface area contributed by atoms with Gasteiger partial charge in [0, 0.05) is 18.7 Å². The number of aryl methyl sites for hydroxylation is 1. The molecule has 8 heteroatoms. The van der Waals surface area contributed by atoms with E-state index in [0.717, 1.165) is 12.8 Å². The normalized spacial score (nSPS) is 16.8. The van der Waals surface area contributed by atoms with E-state index in [9.17, 15) is 19.7 Å². The molecule has 0 radical (unpaired) electrons. The topological polar surface area (TPSA) is 108 Å². The maximum absolute atomic E-state index is 12.0. The highest BCUT2D eigenvalue weighted by atomic mass is 16.6. The minimum absolute atomic E-state index is 0.00693. The van der Waals surface area contributed by atoms with E-state index in [2.05, 4.69) is 5.32 Å². The lowest BCUT2D eigenvalue weighted by atomic mass is 10.1. The Morgan fingerprint density at radius 1 is 1.48 bits per heavy atom. The molecular weight excluding hydrogens is 304 g/mol. The minimum atomic E-state index is -0.896. The number of nitro benzene ring substituents is 1. The zero-order valence-corrected chi connectivity index (χ0v) is 12.7. The molecule has 1 saturated heterocycles. The third kappa shape index (κ3) is 4.49. The van der Waals surface area contributed by atoms with Crippen molar-refractivity contribution >= 4 is 17.6 Å². The van der Waals surface area contributed by atoms with Gasteiger partial charge in [-0.1, -0.05) is 12.1 Å². The van der Waals surface area contributed by atoms with Crippen LogP contribution in [-0.2, 0) is 14.3 Å². The summed E-state index contributed by atoms with van der Waals surface area (Å²) in [7, 11) is 0. The number of amides is 1. The number of benzene rings is 1. The van der Waals surface area contributed by atoms with E-state index < -0.39 is 23.4 Å². The second-order valence-corrected chi connectivity index (χ2v) is 5.24. The number of hydrogen-bond donors (Lipinski definition) is 1. The predicted molar refractivity (Wildman–Crippen MR) is 80.1 cm³/mol. The number of esters is 1. The molecule has 8 nitrogen and oxygen atoms in total. The van der Waals surface area contributed by atoms with Gasteiger partial charge in [0.25, 0.3) is 11.6 Å². The number of para-hydroxylation sites is 1. The molecule has 0 saturated carbocycles. The van der Waals surface area contributed by atoms with Gasteiger partial charge >= 0.3 is 5.97 Å². The van der Waals surface area contributed by atoms with Crippen molar-refractivity contribution in [3.63, 3.8) is 0 Å². The summed E-state index contributed by atoms with van der Waals surface area (Å²) in [5.74, 6) is -1.36. The molecule has 0 bridgehead atoms. The fourth-order valence-electron chi connectivity index (χ4n) is 2.36. The molecule has 1 aliphatic heterocycles. The highest BCUT2D eigenvalue weighted by Crippen LogP contribution is 2.23. The van der Waals surface area contributed by atoms with Crippen LogP contribution in [-0.4, -0.2) is 42.7 Å². The lowest BCUT2D eigenvalue weighted by molar-refractivity contribution is -0.385. The van der Waals surface area contributed by atoms with Gasteiger partial charge in [-0.25, -0.2) is 4.79 Å². The van der Waals surface area contributed by atoms with Crippen molar-refractivity contribution in [3.8, 4) is 0 Å². The van der Waals surface area contributed by atoms with Crippen LogP contribution >= 0.6 is 0 Å². The Bertz CT molecular complexity index is 610. The third-order valence-corrected chi connectivity index (χ3v) is 3.53. The Hall–Kier alpha value is -2.48. The summed E-state index contributed by atoms with van der Waals surface area (Å²) >= 11 is 0. The molecule has 0 spiro atoms. The van der Waals surface area contributed by atoms with Crippen molar-refractivity contribution in [1.29, 1.82) is 0 Å². The van der Waals surface area contributed by atoms with E-state index >= 15 is 0 Å². The van der Waals surface area contributed by atoms with Crippen LogP contribution in [0.2, 0.25) is 0 Å². The first-order valence-corrected chi connectivity index (χ1v) is 7.28. The Morgan fingerprint density at radius 2 is 2.26 bits per heavy atom. The maximum atomic E-state index is 12.0. The largest absolute Gasteiger partial charge is 0.452 e. The van der Waals surface area contributed by atoms with E-state index in [1.54, 1.807) is 0 Å². The van der Waals surface area contributed by atoms with Gasteiger partial charge in [0.1, 0.15) is 5.56 Å². The summed E-state index contributed by atoms with van der Waals surface area (Å²) in [6.45, 7) is 2.09. The van der Waals surface area contributed by atoms with Crippen LogP contribution in [0.1, 0.15) is 28.8 Å². The number of hydrogen-bond acceptors (Lipinski definition) is 6. The Labute approximate surface area is 132 Å². The fourth-order valence-corrected chi connectivity index (χ4v) is 2.36. The molecule has 0 aliphatic carbocycles. The molecule has 124 valence electrons. The van der Waals surface area contributed by atoms with Crippen LogP contribution in [0.3, 0.4) is 0 Å². The van der Waals surface area contributed by atoms with Gasteiger partial charge in [-0.3, -0.25) is 14.9 Å². The van der Waals surface area contributed by atoms with Crippen molar-refractivity contribution in [2.24, 2.45) is 0 Å². The lowest BCUT2D eigenvalue weighted by Gasteiger charge is -2.11. The van der Waals surface area contributed by atoms with Gasteiger partial charge in [-0.05, 0) is 25.8 Å². The summed E-state index contributed by atoms with van der Waals surface area (Å²) in [6.07, 6.45) is 1.84. The molecule has 1 aromatic carbocycles. The van der Waals surface area contributed by atoms with Crippen LogP contribution in [0.15, 0.2) is 18.2 Å². The second-order valence-electron chi connectivity index (χ2n) is 5.24. The molecule has 0 unspecified atom stereocenters. The smallest absolute Gasteiger partial charge is 0.345 e. The molecule has 1 heterocycles. The van der Waals surface area contributed by atoms with E-state index in [-0.39, 0.29) is 17.4 Å². The summed E-state index contributed by atoms with van der Waals surface area (Å²) in [6, 6.07) is 4.36. The average Bonchev–Trinajstić information content (AvgIpc) is 3.03. The van der Waals surface area contributed by atoms with Crippen LogP contribution in [0.5, 0.6) is 0 Å². The highest BCUT2D eigenvalue weighted by Gasteiger charge is 2.24. The van der Waals surface area contributed by atoms with E-state index in [1.165, 1.54) is 25.1 Å². The molecule has 1 atom stereocenters. The van der Waals surface area contributed by atoms with Gasteiger partial charge in [0.2, 0.25) is 0 Å². The zero-order valence-electron chi connectivity index (χ0n) is 12.7. The van der Waals surface area contributed by atoms with Gasteiger partial charge < -0.3 is 14.8 Å². The fraction of sp³-hybridized carbons (Fsp3) is 0.467. The molecule has 23 heavy (non-hydrogen) atoms. The van der Waals surface area contributed by atoms with Gasteiger partial charge in [-0.2, -0.15) is 0 Å². The van der Waals surface area contributed by atoms with Crippen LogP contribution in [0.25, 0.3) is 0 Å². The number of carbonyl (C=O) groups excluding carboxylic acids is 2. The lowest BCUT2D eigenvalue weighted by Crippen LogP contribution is -2.34. The average molecular weight is 322 g/mol. The molecule has 0 aromatic heterocycles. The van der Waals surface area contributed by atoms with Crippen molar-refractivity contribution in [2.75, 3.05) is 19.8 Å². The quantitative estimate of drug-likeness (QED) is 0.481. The summed E-state index contributed by atoms with van der Waals surface area (Å²) in [5.41, 5.74) is -0.119. The van der Waals surface area contributed by atoms with E-state index in [0.29, 0.717) is 18.7 Å². The first-order valence-electron chi connectivity index (χ1n) is 7.28. The number of nitrogens with one attached hydrogen (secondary N) is 1. The van der Waals surface area contributed by atoms with E-state index in [4.69, 9.17) is 9.47 Å². The highest BCUT2D eigenvalue weighted by molar-refractivity contribution is 5.95.